The molecule has 1 aromatic carbocycles. The molecule has 1 N–H and O–H groups in total. The molecule has 1 aromatic rings. The monoisotopic (exact) mass is 313 g/mol. The quantitative estimate of drug-likeness (QED) is 0.927. The molecule has 0 spiro atoms. The summed E-state index contributed by atoms with van der Waals surface area (Å²) in [7, 11) is 0. The van der Waals surface area contributed by atoms with E-state index in [1.807, 2.05) is 6.92 Å². The minimum absolute atomic E-state index is 0.117. The average molecular weight is 314 g/mol. The first kappa shape index (κ1) is 16.2. The second kappa shape index (κ2) is 7.20. The predicted octanol–water partition coefficient (Wildman–Crippen LogP) is 2.44. The number of nitrogens with one attached hydrogen (secondary N) is 1. The minimum Gasteiger partial charge on any atom is -0.323 e. The predicted molar refractivity (Wildman–Crippen MR) is 83.2 cm³/mol. The van der Waals surface area contributed by atoms with Crippen molar-refractivity contribution in [2.75, 3.05) is 38.0 Å². The van der Waals surface area contributed by atoms with E-state index in [4.69, 9.17) is 11.6 Å². The van der Waals surface area contributed by atoms with Gasteiger partial charge in [-0.05, 0) is 31.7 Å². The molecule has 4 nitrogen and oxygen atoms in total. The van der Waals surface area contributed by atoms with Crippen molar-refractivity contribution in [2.45, 2.75) is 19.9 Å². The van der Waals surface area contributed by atoms with Gasteiger partial charge in [-0.15, -0.1) is 0 Å². The molecule has 21 heavy (non-hydrogen) atoms. The molecule has 1 aliphatic heterocycles. The molecule has 1 fully saturated rings. The maximum atomic E-state index is 13.0. The first-order valence-electron chi connectivity index (χ1n) is 7.23. The molecular formula is C15H21ClFN3O. The second-order valence-electron chi connectivity index (χ2n) is 5.26. The van der Waals surface area contributed by atoms with Gasteiger partial charge in [0.05, 0.1) is 16.8 Å². The number of halogens is 2. The van der Waals surface area contributed by atoms with Crippen molar-refractivity contribution < 1.29 is 9.18 Å². The lowest BCUT2D eigenvalue weighted by Crippen LogP contribution is -2.52. The number of anilines is 1. The molecule has 1 aliphatic rings. The van der Waals surface area contributed by atoms with Gasteiger partial charge in [0.2, 0.25) is 5.91 Å². The zero-order valence-electron chi connectivity index (χ0n) is 12.4. The van der Waals surface area contributed by atoms with Crippen molar-refractivity contribution in [1.29, 1.82) is 0 Å². The van der Waals surface area contributed by atoms with Crippen LogP contribution in [-0.4, -0.2) is 54.5 Å². The Kier molecular flexibility index (Phi) is 5.56. The van der Waals surface area contributed by atoms with Crippen LogP contribution in [0.3, 0.4) is 0 Å². The maximum Gasteiger partial charge on any atom is 0.241 e. The SMILES string of the molecule is CCN1CCN([C@H](C)C(=O)Nc2ccc(F)cc2Cl)CC1. The molecule has 0 unspecified atom stereocenters. The number of carbonyl (C=O) groups is 1. The van der Waals surface area contributed by atoms with E-state index >= 15 is 0 Å². The Morgan fingerprint density at radius 1 is 1.38 bits per heavy atom. The molecule has 1 atom stereocenters. The van der Waals surface area contributed by atoms with Gasteiger partial charge in [0, 0.05) is 26.2 Å². The molecular weight excluding hydrogens is 293 g/mol. The van der Waals surface area contributed by atoms with Crippen LogP contribution in [-0.2, 0) is 4.79 Å². The maximum absolute atomic E-state index is 13.0. The number of benzene rings is 1. The highest BCUT2D eigenvalue weighted by Crippen LogP contribution is 2.23. The number of rotatable bonds is 4. The lowest BCUT2D eigenvalue weighted by molar-refractivity contribution is -0.121. The third-order valence-corrected chi connectivity index (χ3v) is 4.28. The summed E-state index contributed by atoms with van der Waals surface area (Å²) >= 11 is 5.93. The zero-order chi connectivity index (χ0) is 15.4. The summed E-state index contributed by atoms with van der Waals surface area (Å²) in [6.45, 7) is 8.77. The molecule has 0 saturated carbocycles. The summed E-state index contributed by atoms with van der Waals surface area (Å²) in [5, 5.41) is 2.98. The van der Waals surface area contributed by atoms with Gasteiger partial charge in [-0.2, -0.15) is 0 Å². The number of piperazine rings is 1. The van der Waals surface area contributed by atoms with Crippen LogP contribution in [0.5, 0.6) is 0 Å². The van der Waals surface area contributed by atoms with Crippen LogP contribution in [0.1, 0.15) is 13.8 Å². The number of carbonyl (C=O) groups excluding carboxylic acids is 1. The highest BCUT2D eigenvalue weighted by Gasteiger charge is 2.25. The van der Waals surface area contributed by atoms with Crippen LogP contribution in [0.15, 0.2) is 18.2 Å². The first-order chi connectivity index (χ1) is 10.0. The van der Waals surface area contributed by atoms with Crippen LogP contribution in [0.25, 0.3) is 0 Å². The molecule has 1 heterocycles. The zero-order valence-corrected chi connectivity index (χ0v) is 13.2. The topological polar surface area (TPSA) is 35.6 Å². The summed E-state index contributed by atoms with van der Waals surface area (Å²) < 4.78 is 13.0. The summed E-state index contributed by atoms with van der Waals surface area (Å²) in [6, 6.07) is 3.73. The number of hydrogen-bond acceptors (Lipinski definition) is 3. The van der Waals surface area contributed by atoms with Crippen LogP contribution >= 0.6 is 11.6 Å². The number of nitrogens with zero attached hydrogens (tertiary/aromatic N) is 2. The van der Waals surface area contributed by atoms with Crippen molar-refractivity contribution in [1.82, 2.24) is 9.80 Å². The van der Waals surface area contributed by atoms with E-state index in [1.165, 1.54) is 18.2 Å². The Labute approximate surface area is 129 Å². The normalized spacial score (nSPS) is 18.5. The Morgan fingerprint density at radius 2 is 2.05 bits per heavy atom. The van der Waals surface area contributed by atoms with Gasteiger partial charge in [0.25, 0.3) is 0 Å². The standard InChI is InChI=1S/C15H21ClFN3O/c1-3-19-6-8-20(9-7-19)11(2)15(21)18-14-5-4-12(17)10-13(14)16/h4-5,10-11H,3,6-9H2,1-2H3,(H,18,21)/t11-/m1/s1. The van der Waals surface area contributed by atoms with Crippen LogP contribution in [0.2, 0.25) is 5.02 Å². The molecule has 116 valence electrons. The van der Waals surface area contributed by atoms with Crippen LogP contribution in [0, 0.1) is 5.82 Å². The first-order valence-corrected chi connectivity index (χ1v) is 7.61. The molecule has 1 amide bonds. The third kappa shape index (κ3) is 4.15. The minimum atomic E-state index is -0.415. The van der Waals surface area contributed by atoms with Crippen LogP contribution < -0.4 is 5.32 Å². The van der Waals surface area contributed by atoms with Gasteiger partial charge in [0.1, 0.15) is 5.82 Å². The third-order valence-electron chi connectivity index (χ3n) is 3.97. The van der Waals surface area contributed by atoms with E-state index in [1.54, 1.807) is 0 Å². The molecule has 0 aliphatic carbocycles. The number of hydrogen-bond donors (Lipinski definition) is 1. The van der Waals surface area contributed by atoms with Crippen molar-refractivity contribution in [3.63, 3.8) is 0 Å². The smallest absolute Gasteiger partial charge is 0.241 e. The molecule has 6 heteroatoms. The Hall–Kier alpha value is -1.17. The summed E-state index contributed by atoms with van der Waals surface area (Å²) in [4.78, 5) is 16.8. The molecule has 1 saturated heterocycles. The highest BCUT2D eigenvalue weighted by molar-refractivity contribution is 6.33. The Bertz CT molecular complexity index is 504. The van der Waals surface area contributed by atoms with Gasteiger partial charge in [-0.1, -0.05) is 18.5 Å². The molecule has 2 rings (SSSR count). The summed E-state index contributed by atoms with van der Waals surface area (Å²) in [5.74, 6) is -0.532. The lowest BCUT2D eigenvalue weighted by atomic mass is 10.2. The van der Waals surface area contributed by atoms with E-state index < -0.39 is 5.82 Å². The van der Waals surface area contributed by atoms with Crippen molar-refractivity contribution >= 4 is 23.2 Å². The summed E-state index contributed by atoms with van der Waals surface area (Å²) in [5.41, 5.74) is 0.446. The number of likely N-dealkylation sites (N-methyl/N-ethyl adjacent to an activating group) is 1. The van der Waals surface area contributed by atoms with E-state index in [0.717, 1.165) is 32.7 Å². The summed E-state index contributed by atoms with van der Waals surface area (Å²) in [6.07, 6.45) is 0. The van der Waals surface area contributed by atoms with E-state index in [0.29, 0.717) is 5.69 Å². The fraction of sp³-hybridized carbons (Fsp3) is 0.533. The fourth-order valence-corrected chi connectivity index (χ4v) is 2.68. The van der Waals surface area contributed by atoms with Crippen LogP contribution in [0.4, 0.5) is 10.1 Å². The Morgan fingerprint density at radius 3 is 2.62 bits per heavy atom. The van der Waals surface area contributed by atoms with Gasteiger partial charge in [0.15, 0.2) is 0 Å². The Balaban J connectivity index is 1.93. The average Bonchev–Trinajstić information content (AvgIpc) is 2.49. The van der Waals surface area contributed by atoms with E-state index in [-0.39, 0.29) is 17.0 Å². The second-order valence-corrected chi connectivity index (χ2v) is 5.67. The van der Waals surface area contributed by atoms with Crippen molar-refractivity contribution in [3.8, 4) is 0 Å². The van der Waals surface area contributed by atoms with E-state index in [9.17, 15) is 9.18 Å². The molecule has 0 radical (unpaired) electrons. The van der Waals surface area contributed by atoms with Gasteiger partial charge < -0.3 is 10.2 Å². The van der Waals surface area contributed by atoms with Gasteiger partial charge in [-0.25, -0.2) is 4.39 Å². The molecule has 0 bridgehead atoms. The largest absolute Gasteiger partial charge is 0.323 e. The fourth-order valence-electron chi connectivity index (χ4n) is 2.46. The van der Waals surface area contributed by atoms with Crippen molar-refractivity contribution in [2.24, 2.45) is 0 Å². The molecule has 0 aromatic heterocycles. The van der Waals surface area contributed by atoms with Gasteiger partial charge >= 0.3 is 0 Å². The lowest BCUT2D eigenvalue weighted by Gasteiger charge is -2.36. The van der Waals surface area contributed by atoms with Crippen molar-refractivity contribution in [3.05, 3.63) is 29.0 Å². The van der Waals surface area contributed by atoms with E-state index in [2.05, 4.69) is 22.0 Å². The number of amides is 1. The highest BCUT2D eigenvalue weighted by atomic mass is 35.5. The van der Waals surface area contributed by atoms with Gasteiger partial charge in [-0.3, -0.25) is 9.69 Å².